The summed E-state index contributed by atoms with van der Waals surface area (Å²) in [6.07, 6.45) is -5.86. The first-order valence-electron chi connectivity index (χ1n) is 10.7. The maximum absolute atomic E-state index is 14.9. The Hall–Kier alpha value is -3.18. The third-order valence-electron chi connectivity index (χ3n) is 5.83. The van der Waals surface area contributed by atoms with Crippen LogP contribution in [0.2, 0.25) is 5.02 Å². The number of nitrogens with zero attached hydrogens (tertiary/aromatic N) is 3. The lowest BCUT2D eigenvalue weighted by molar-refractivity contribution is -0.152. The van der Waals surface area contributed by atoms with Gasteiger partial charge in [0.15, 0.2) is 5.82 Å². The molecule has 0 amide bonds. The minimum atomic E-state index is -4.87. The van der Waals surface area contributed by atoms with Crippen molar-refractivity contribution in [3.63, 3.8) is 0 Å². The number of benzene rings is 2. The molecule has 35 heavy (non-hydrogen) atoms. The molecule has 186 valence electrons. The molecular weight excluding hydrogens is 494 g/mol. The summed E-state index contributed by atoms with van der Waals surface area (Å²) in [7, 11) is 0. The van der Waals surface area contributed by atoms with Crippen LogP contribution in [0, 0.1) is 11.7 Å². The average molecular weight is 514 g/mol. The highest BCUT2D eigenvalue weighted by atomic mass is 35.5. The first kappa shape index (κ1) is 24.9. The number of aliphatic hydroxyl groups excluding tert-OH is 1. The number of alkyl halides is 3. The first-order valence-corrected chi connectivity index (χ1v) is 11.1. The van der Waals surface area contributed by atoms with Gasteiger partial charge in [-0.05, 0) is 37.6 Å². The number of rotatable bonds is 4. The fourth-order valence-electron chi connectivity index (χ4n) is 4.22. The van der Waals surface area contributed by atoms with E-state index in [1.165, 1.54) is 17.0 Å². The Bertz CT molecular complexity index is 1290. The van der Waals surface area contributed by atoms with Gasteiger partial charge in [-0.25, -0.2) is 4.39 Å². The fraction of sp³-hybridized carbons (Fsp3) is 0.348. The van der Waals surface area contributed by atoms with E-state index in [2.05, 4.69) is 5.10 Å². The Labute approximate surface area is 201 Å². The van der Waals surface area contributed by atoms with Gasteiger partial charge >= 0.3 is 12.1 Å². The second-order valence-electron chi connectivity index (χ2n) is 8.00. The molecule has 2 atom stereocenters. The molecule has 3 aromatic rings. The number of carbonyl (C=O) groups is 2. The number of ether oxygens (including phenoxy) is 1. The van der Waals surface area contributed by atoms with Gasteiger partial charge in [-0.3, -0.25) is 9.59 Å². The van der Waals surface area contributed by atoms with Crippen LogP contribution in [0.1, 0.15) is 29.3 Å². The molecule has 1 aliphatic heterocycles. The Morgan fingerprint density at radius 3 is 2.60 bits per heavy atom. The molecule has 0 radical (unpaired) electrons. The molecule has 1 N–H and O–H groups in total. The summed E-state index contributed by atoms with van der Waals surface area (Å²) >= 11 is 5.99. The lowest BCUT2D eigenvalue weighted by Crippen LogP contribution is -2.47. The normalized spacial score (nSPS) is 18.7. The van der Waals surface area contributed by atoms with Crippen molar-refractivity contribution >= 4 is 40.2 Å². The van der Waals surface area contributed by atoms with Gasteiger partial charge in [0.1, 0.15) is 5.82 Å². The van der Waals surface area contributed by atoms with Crippen molar-refractivity contribution in [2.75, 3.05) is 24.6 Å². The van der Waals surface area contributed by atoms with Crippen molar-refractivity contribution in [1.29, 1.82) is 0 Å². The maximum Gasteiger partial charge on any atom is 0.417 e. The van der Waals surface area contributed by atoms with Gasteiger partial charge in [0.05, 0.1) is 45.7 Å². The number of carbonyl (C=O) groups excluding carboxylic acids is 2. The topological polar surface area (TPSA) is 84.7 Å². The molecule has 0 bridgehead atoms. The van der Waals surface area contributed by atoms with Gasteiger partial charge in [0.2, 0.25) is 0 Å². The number of aromatic nitrogens is 2. The standard InChI is InChI=1S/C23H20ClF4N3O4/c1-2-35-22(34)12-9-10-30(11-17(12)32)20-19-15(25)7-4-8-16(19)31(29-20)21(33)18-13(23(26,27)28)5-3-6-14(18)24/h3-8,12,17,32H,2,9-11H2,1H3/t12-,17-/m1/s1. The Morgan fingerprint density at radius 2 is 1.94 bits per heavy atom. The van der Waals surface area contributed by atoms with Crippen LogP contribution in [0.25, 0.3) is 10.9 Å². The number of fused-ring (bicyclic) bond motifs is 1. The van der Waals surface area contributed by atoms with E-state index in [0.717, 1.165) is 24.3 Å². The van der Waals surface area contributed by atoms with Crippen LogP contribution in [0.15, 0.2) is 36.4 Å². The van der Waals surface area contributed by atoms with Crippen molar-refractivity contribution in [3.8, 4) is 0 Å². The summed E-state index contributed by atoms with van der Waals surface area (Å²) in [5.41, 5.74) is -2.13. The lowest BCUT2D eigenvalue weighted by Gasteiger charge is -2.34. The molecule has 0 saturated carbocycles. The zero-order valence-electron chi connectivity index (χ0n) is 18.4. The fourth-order valence-corrected chi connectivity index (χ4v) is 4.47. The van der Waals surface area contributed by atoms with Gasteiger partial charge in [0.25, 0.3) is 5.91 Å². The van der Waals surface area contributed by atoms with Gasteiger partial charge in [-0.1, -0.05) is 23.7 Å². The lowest BCUT2D eigenvalue weighted by atomic mass is 9.94. The molecule has 2 aromatic carbocycles. The van der Waals surface area contributed by atoms with Crippen molar-refractivity contribution in [1.82, 2.24) is 9.78 Å². The molecule has 12 heteroatoms. The molecule has 1 fully saturated rings. The van der Waals surface area contributed by atoms with Crippen LogP contribution >= 0.6 is 11.6 Å². The largest absolute Gasteiger partial charge is 0.466 e. The predicted molar refractivity (Wildman–Crippen MR) is 119 cm³/mol. The number of anilines is 1. The van der Waals surface area contributed by atoms with Crippen molar-refractivity contribution in [2.24, 2.45) is 5.92 Å². The number of β-amino-alcohol motifs (C(OH)–C–C–N with tert-alkyl or cyclic N) is 1. The van der Waals surface area contributed by atoms with E-state index in [1.807, 2.05) is 0 Å². The third kappa shape index (κ3) is 4.57. The Morgan fingerprint density at radius 1 is 1.23 bits per heavy atom. The van der Waals surface area contributed by atoms with Crippen molar-refractivity contribution in [2.45, 2.75) is 25.6 Å². The smallest absolute Gasteiger partial charge is 0.417 e. The van der Waals surface area contributed by atoms with Gasteiger partial charge in [-0.2, -0.15) is 17.9 Å². The van der Waals surface area contributed by atoms with Crippen LogP contribution in [0.4, 0.5) is 23.4 Å². The van der Waals surface area contributed by atoms with Gasteiger partial charge in [0, 0.05) is 13.1 Å². The molecule has 1 aliphatic rings. The molecule has 0 aliphatic carbocycles. The third-order valence-corrected chi connectivity index (χ3v) is 6.15. The Kier molecular flexibility index (Phi) is 6.74. The van der Waals surface area contributed by atoms with Crippen LogP contribution in [0.5, 0.6) is 0 Å². The second kappa shape index (κ2) is 9.46. The predicted octanol–water partition coefficient (Wildman–Crippen LogP) is 4.29. The molecule has 1 aromatic heterocycles. The minimum absolute atomic E-state index is 0.0478. The zero-order valence-corrected chi connectivity index (χ0v) is 19.1. The summed E-state index contributed by atoms with van der Waals surface area (Å²) in [5.74, 6) is -3.34. The van der Waals surface area contributed by atoms with E-state index >= 15 is 0 Å². The molecule has 2 heterocycles. The molecule has 0 unspecified atom stereocenters. The number of piperidine rings is 1. The van der Waals surface area contributed by atoms with E-state index in [0.29, 0.717) is 4.68 Å². The summed E-state index contributed by atoms with van der Waals surface area (Å²) in [6.45, 7) is 1.82. The number of aliphatic hydroxyl groups is 1. The van der Waals surface area contributed by atoms with Crippen LogP contribution in [-0.4, -0.2) is 52.6 Å². The highest BCUT2D eigenvalue weighted by Crippen LogP contribution is 2.37. The monoisotopic (exact) mass is 513 g/mol. The van der Waals surface area contributed by atoms with E-state index in [-0.39, 0.29) is 42.8 Å². The number of hydrogen-bond acceptors (Lipinski definition) is 6. The van der Waals surface area contributed by atoms with Crippen molar-refractivity contribution in [3.05, 3.63) is 58.4 Å². The summed E-state index contributed by atoms with van der Waals surface area (Å²) in [5, 5.41) is 14.1. The Balaban J connectivity index is 1.79. The number of hydrogen-bond donors (Lipinski definition) is 1. The van der Waals surface area contributed by atoms with Crippen LogP contribution in [0.3, 0.4) is 0 Å². The van der Waals surface area contributed by atoms with Gasteiger partial charge < -0.3 is 14.7 Å². The zero-order chi connectivity index (χ0) is 25.5. The maximum atomic E-state index is 14.9. The summed E-state index contributed by atoms with van der Waals surface area (Å²) in [4.78, 5) is 26.9. The molecule has 7 nitrogen and oxygen atoms in total. The van der Waals surface area contributed by atoms with E-state index < -0.39 is 52.0 Å². The number of esters is 1. The first-order chi connectivity index (χ1) is 16.5. The van der Waals surface area contributed by atoms with Crippen LogP contribution in [-0.2, 0) is 15.7 Å². The summed E-state index contributed by atoms with van der Waals surface area (Å²) < 4.78 is 61.4. The molecular formula is C23H20ClF4N3O4. The van der Waals surface area contributed by atoms with Gasteiger partial charge in [-0.15, -0.1) is 5.10 Å². The van der Waals surface area contributed by atoms with Crippen molar-refractivity contribution < 1.29 is 37.0 Å². The SMILES string of the molecule is CCOC(=O)[C@@H]1CCN(c2nn(C(=O)c3c(Cl)cccc3C(F)(F)F)c3cccc(F)c23)C[C@H]1O. The summed E-state index contributed by atoms with van der Waals surface area (Å²) in [6, 6.07) is 6.71. The second-order valence-corrected chi connectivity index (χ2v) is 8.40. The minimum Gasteiger partial charge on any atom is -0.466 e. The van der Waals surface area contributed by atoms with E-state index in [4.69, 9.17) is 16.3 Å². The number of halogens is 5. The molecule has 4 rings (SSSR count). The van der Waals surface area contributed by atoms with E-state index in [9.17, 15) is 32.3 Å². The average Bonchev–Trinajstić information content (AvgIpc) is 3.19. The van der Waals surface area contributed by atoms with E-state index in [1.54, 1.807) is 6.92 Å². The van der Waals surface area contributed by atoms with Crippen LogP contribution < -0.4 is 4.90 Å². The molecule has 0 spiro atoms. The quantitative estimate of drug-likeness (QED) is 0.414. The highest BCUT2D eigenvalue weighted by Gasteiger charge is 2.39. The highest BCUT2D eigenvalue weighted by molar-refractivity contribution is 6.34. The molecule has 1 saturated heterocycles.